The first-order valence-electron chi connectivity index (χ1n) is 7.82. The van der Waals surface area contributed by atoms with Crippen molar-refractivity contribution < 1.29 is 0 Å². The van der Waals surface area contributed by atoms with E-state index < -0.39 is 0 Å². The molecular weight excluding hydrogens is 312 g/mol. The normalized spacial score (nSPS) is 24.0. The van der Waals surface area contributed by atoms with E-state index in [1.165, 1.54) is 19.8 Å². The first-order chi connectivity index (χ1) is 10.5. The van der Waals surface area contributed by atoms with Gasteiger partial charge in [-0.1, -0.05) is 0 Å². The van der Waals surface area contributed by atoms with E-state index in [9.17, 15) is 0 Å². The van der Waals surface area contributed by atoms with Gasteiger partial charge in [-0.25, -0.2) is 9.97 Å². The Morgan fingerprint density at radius 3 is 1.91 bits per heavy atom. The summed E-state index contributed by atoms with van der Waals surface area (Å²) in [7, 11) is 0. The highest BCUT2D eigenvalue weighted by atomic mass is 32.1. The quantitative estimate of drug-likeness (QED) is 0.857. The standard InChI is InChI=1S/C16H24N4S2/c1-11-7-19(9-15-17-5-13(3)21-15)8-12(2)20(11)10-16-18-6-14(4)22-16/h5-6,11-12H,7-10H2,1-4H3/t11-,12+. The van der Waals surface area contributed by atoms with Crippen LogP contribution < -0.4 is 0 Å². The Morgan fingerprint density at radius 1 is 0.955 bits per heavy atom. The molecule has 0 amide bonds. The number of piperazine rings is 1. The molecule has 2 atom stereocenters. The summed E-state index contributed by atoms with van der Waals surface area (Å²) in [5.41, 5.74) is 0. The Bertz CT molecular complexity index is 609. The van der Waals surface area contributed by atoms with E-state index >= 15 is 0 Å². The first kappa shape index (κ1) is 16.1. The number of aromatic nitrogens is 2. The molecule has 0 aromatic carbocycles. The van der Waals surface area contributed by atoms with Crippen LogP contribution in [-0.2, 0) is 13.1 Å². The lowest BCUT2D eigenvalue weighted by Gasteiger charge is -2.44. The highest BCUT2D eigenvalue weighted by Crippen LogP contribution is 2.23. The monoisotopic (exact) mass is 336 g/mol. The van der Waals surface area contributed by atoms with Gasteiger partial charge in [0.25, 0.3) is 0 Å². The summed E-state index contributed by atoms with van der Waals surface area (Å²) >= 11 is 3.63. The molecule has 3 heterocycles. The van der Waals surface area contributed by atoms with Crippen molar-refractivity contribution in [2.75, 3.05) is 13.1 Å². The van der Waals surface area contributed by atoms with Crippen molar-refractivity contribution in [1.29, 1.82) is 0 Å². The summed E-state index contributed by atoms with van der Waals surface area (Å²) in [6.45, 7) is 13.1. The number of rotatable bonds is 4. The third-order valence-corrected chi connectivity index (χ3v) is 5.99. The van der Waals surface area contributed by atoms with E-state index in [4.69, 9.17) is 0 Å². The van der Waals surface area contributed by atoms with Crippen molar-refractivity contribution >= 4 is 22.7 Å². The van der Waals surface area contributed by atoms with E-state index in [1.807, 2.05) is 35.1 Å². The molecule has 0 radical (unpaired) electrons. The number of hydrogen-bond acceptors (Lipinski definition) is 6. The van der Waals surface area contributed by atoms with Crippen LogP contribution in [0.4, 0.5) is 0 Å². The van der Waals surface area contributed by atoms with Crippen molar-refractivity contribution in [2.24, 2.45) is 0 Å². The number of thiazole rings is 2. The van der Waals surface area contributed by atoms with Gasteiger partial charge in [-0.15, -0.1) is 22.7 Å². The van der Waals surface area contributed by atoms with Crippen LogP contribution in [0.25, 0.3) is 0 Å². The van der Waals surface area contributed by atoms with Crippen LogP contribution in [0.2, 0.25) is 0 Å². The van der Waals surface area contributed by atoms with Gasteiger partial charge in [-0.2, -0.15) is 0 Å². The maximum atomic E-state index is 4.52. The van der Waals surface area contributed by atoms with Gasteiger partial charge >= 0.3 is 0 Å². The maximum Gasteiger partial charge on any atom is 0.107 e. The fourth-order valence-corrected chi connectivity index (χ4v) is 4.83. The summed E-state index contributed by atoms with van der Waals surface area (Å²) in [4.78, 5) is 16.8. The van der Waals surface area contributed by atoms with Crippen LogP contribution in [0, 0.1) is 13.8 Å². The second kappa shape index (κ2) is 6.74. The molecule has 3 rings (SSSR count). The molecule has 0 saturated carbocycles. The number of aryl methyl sites for hydroxylation is 2. The number of hydrogen-bond donors (Lipinski definition) is 0. The van der Waals surface area contributed by atoms with Gasteiger partial charge in [-0.3, -0.25) is 9.80 Å². The third-order valence-electron chi connectivity index (χ3n) is 4.19. The highest BCUT2D eigenvalue weighted by molar-refractivity contribution is 7.11. The zero-order valence-electron chi connectivity index (χ0n) is 13.7. The average Bonchev–Trinajstić information content (AvgIpc) is 3.03. The summed E-state index contributed by atoms with van der Waals surface area (Å²) in [6.07, 6.45) is 3.96. The van der Waals surface area contributed by atoms with Crippen molar-refractivity contribution in [2.45, 2.75) is 52.9 Å². The SMILES string of the molecule is Cc1cnc(CN2C[C@@H](C)N(Cc3ncc(C)s3)[C@@H](C)C2)s1. The minimum Gasteiger partial charge on any atom is -0.294 e. The minimum absolute atomic E-state index is 0.550. The van der Waals surface area contributed by atoms with Crippen LogP contribution in [0.5, 0.6) is 0 Å². The van der Waals surface area contributed by atoms with Gasteiger partial charge in [-0.05, 0) is 27.7 Å². The van der Waals surface area contributed by atoms with Gasteiger partial charge < -0.3 is 0 Å². The fraction of sp³-hybridized carbons (Fsp3) is 0.625. The zero-order valence-corrected chi connectivity index (χ0v) is 15.4. The van der Waals surface area contributed by atoms with Crippen molar-refractivity contribution in [3.63, 3.8) is 0 Å². The van der Waals surface area contributed by atoms with Crippen molar-refractivity contribution in [3.05, 3.63) is 32.2 Å². The largest absolute Gasteiger partial charge is 0.294 e. The number of nitrogens with zero attached hydrogens (tertiary/aromatic N) is 4. The molecule has 6 heteroatoms. The maximum absolute atomic E-state index is 4.52. The topological polar surface area (TPSA) is 32.3 Å². The van der Waals surface area contributed by atoms with Crippen LogP contribution in [0.1, 0.15) is 33.6 Å². The lowest BCUT2D eigenvalue weighted by Crippen LogP contribution is -2.55. The van der Waals surface area contributed by atoms with Gasteiger partial charge in [0.2, 0.25) is 0 Å². The summed E-state index contributed by atoms with van der Waals surface area (Å²) < 4.78 is 0. The van der Waals surface area contributed by atoms with Gasteiger partial charge in [0, 0.05) is 47.3 Å². The third kappa shape index (κ3) is 3.74. The Labute approximate surface area is 140 Å². The van der Waals surface area contributed by atoms with E-state index in [0.717, 1.165) is 26.2 Å². The Balaban J connectivity index is 1.61. The molecule has 4 nitrogen and oxygen atoms in total. The zero-order chi connectivity index (χ0) is 15.7. The van der Waals surface area contributed by atoms with Crippen molar-refractivity contribution in [3.8, 4) is 0 Å². The molecule has 0 unspecified atom stereocenters. The van der Waals surface area contributed by atoms with Crippen LogP contribution in [-0.4, -0.2) is 44.9 Å². The predicted octanol–water partition coefficient (Wildman–Crippen LogP) is 3.31. The minimum atomic E-state index is 0.550. The highest BCUT2D eigenvalue weighted by Gasteiger charge is 2.30. The van der Waals surface area contributed by atoms with E-state index in [1.54, 1.807) is 0 Å². The summed E-state index contributed by atoms with van der Waals surface area (Å²) in [5.74, 6) is 0. The molecule has 120 valence electrons. The first-order valence-corrected chi connectivity index (χ1v) is 9.45. The second-order valence-electron chi connectivity index (χ2n) is 6.29. The summed E-state index contributed by atoms with van der Waals surface area (Å²) in [6, 6.07) is 1.10. The Hall–Kier alpha value is -0.820. The molecule has 1 fully saturated rings. The van der Waals surface area contributed by atoms with Gasteiger partial charge in [0.05, 0.1) is 13.1 Å². The van der Waals surface area contributed by atoms with Crippen LogP contribution in [0.15, 0.2) is 12.4 Å². The van der Waals surface area contributed by atoms with E-state index in [0.29, 0.717) is 12.1 Å². The Morgan fingerprint density at radius 2 is 1.45 bits per heavy atom. The van der Waals surface area contributed by atoms with Crippen LogP contribution >= 0.6 is 22.7 Å². The fourth-order valence-electron chi connectivity index (χ4n) is 3.20. The molecule has 0 spiro atoms. The summed E-state index contributed by atoms with van der Waals surface area (Å²) in [5, 5.41) is 2.47. The molecule has 1 aliphatic rings. The lowest BCUT2D eigenvalue weighted by molar-refractivity contribution is 0.0289. The molecule has 2 aromatic heterocycles. The molecule has 0 aliphatic carbocycles. The Kier molecular flexibility index (Phi) is 4.92. The van der Waals surface area contributed by atoms with E-state index in [-0.39, 0.29) is 0 Å². The molecular formula is C16H24N4S2. The average molecular weight is 337 g/mol. The van der Waals surface area contributed by atoms with Gasteiger partial charge in [0.15, 0.2) is 0 Å². The molecule has 1 aliphatic heterocycles. The van der Waals surface area contributed by atoms with Gasteiger partial charge in [0.1, 0.15) is 10.0 Å². The smallest absolute Gasteiger partial charge is 0.107 e. The lowest BCUT2D eigenvalue weighted by atomic mass is 10.1. The van der Waals surface area contributed by atoms with E-state index in [2.05, 4.69) is 47.5 Å². The molecule has 0 N–H and O–H groups in total. The molecule has 1 saturated heterocycles. The molecule has 0 bridgehead atoms. The van der Waals surface area contributed by atoms with Crippen molar-refractivity contribution in [1.82, 2.24) is 19.8 Å². The van der Waals surface area contributed by atoms with Crippen LogP contribution in [0.3, 0.4) is 0 Å². The second-order valence-corrected chi connectivity index (χ2v) is 8.93. The molecule has 22 heavy (non-hydrogen) atoms. The predicted molar refractivity (Wildman–Crippen MR) is 93.4 cm³/mol. The molecule has 2 aromatic rings.